The molecule has 0 spiro atoms. The quantitative estimate of drug-likeness (QED) is 0.793. The summed E-state index contributed by atoms with van der Waals surface area (Å²) in [5.74, 6) is 1.41. The highest BCUT2D eigenvalue weighted by Crippen LogP contribution is 2.34. The van der Waals surface area contributed by atoms with Gasteiger partial charge >= 0.3 is 0 Å². The van der Waals surface area contributed by atoms with E-state index in [0.29, 0.717) is 11.5 Å². The first kappa shape index (κ1) is 13.6. The van der Waals surface area contributed by atoms with E-state index in [1.165, 1.54) is 12.8 Å². The molecule has 0 radical (unpaired) electrons. The molecule has 1 aliphatic heterocycles. The third kappa shape index (κ3) is 2.62. The van der Waals surface area contributed by atoms with Gasteiger partial charge in [-0.1, -0.05) is 12.2 Å². The molecule has 0 amide bonds. The van der Waals surface area contributed by atoms with Crippen molar-refractivity contribution in [1.29, 1.82) is 0 Å². The molecule has 0 unspecified atom stereocenters. The summed E-state index contributed by atoms with van der Waals surface area (Å²) in [6.45, 7) is 2.08. The van der Waals surface area contributed by atoms with Crippen LogP contribution in [-0.2, 0) is 0 Å². The van der Waals surface area contributed by atoms with E-state index in [-0.39, 0.29) is 0 Å². The van der Waals surface area contributed by atoms with E-state index in [9.17, 15) is 0 Å². The minimum atomic E-state index is 0.706. The van der Waals surface area contributed by atoms with Gasteiger partial charge in [-0.3, -0.25) is 0 Å². The molecule has 2 rings (SSSR count). The second kappa shape index (κ2) is 5.89. The standard InChI is InChI=1S/C13H16BrNO2S/c1-16-11-7-9(10(14)8-12(11)17-2)13(18)15-5-3-4-6-15/h7-8H,3-6H2,1-2H3. The van der Waals surface area contributed by atoms with Crippen molar-refractivity contribution in [2.45, 2.75) is 12.8 Å². The lowest BCUT2D eigenvalue weighted by Gasteiger charge is -2.20. The van der Waals surface area contributed by atoms with Gasteiger partial charge in [0.2, 0.25) is 0 Å². The molecule has 0 N–H and O–H groups in total. The lowest BCUT2D eigenvalue weighted by atomic mass is 10.2. The van der Waals surface area contributed by atoms with Crippen LogP contribution in [0.5, 0.6) is 11.5 Å². The zero-order chi connectivity index (χ0) is 13.1. The summed E-state index contributed by atoms with van der Waals surface area (Å²) in [4.78, 5) is 3.11. The highest BCUT2D eigenvalue weighted by Gasteiger charge is 2.20. The summed E-state index contributed by atoms with van der Waals surface area (Å²) in [7, 11) is 3.26. The van der Waals surface area contributed by atoms with E-state index in [1.807, 2.05) is 12.1 Å². The first-order valence-corrected chi connectivity index (χ1v) is 7.08. The van der Waals surface area contributed by atoms with E-state index in [0.717, 1.165) is 28.1 Å². The normalized spacial score (nSPS) is 14.7. The summed E-state index contributed by atoms with van der Waals surface area (Å²) in [5, 5.41) is 0. The average Bonchev–Trinajstić information content (AvgIpc) is 2.91. The van der Waals surface area contributed by atoms with Crippen molar-refractivity contribution in [2.24, 2.45) is 0 Å². The molecule has 3 nitrogen and oxygen atoms in total. The summed E-state index contributed by atoms with van der Waals surface area (Å²) in [5.41, 5.74) is 0.990. The number of rotatable bonds is 3. The van der Waals surface area contributed by atoms with E-state index in [2.05, 4.69) is 20.8 Å². The predicted molar refractivity (Wildman–Crippen MR) is 79.8 cm³/mol. The number of thiocarbonyl (C=S) groups is 1. The fourth-order valence-corrected chi connectivity index (χ4v) is 3.10. The van der Waals surface area contributed by atoms with Crippen molar-refractivity contribution in [3.8, 4) is 11.5 Å². The summed E-state index contributed by atoms with van der Waals surface area (Å²) < 4.78 is 11.5. The second-order valence-corrected chi connectivity index (χ2v) is 5.43. The molecule has 1 heterocycles. The molecule has 0 saturated carbocycles. The number of hydrogen-bond donors (Lipinski definition) is 0. The number of halogens is 1. The van der Waals surface area contributed by atoms with Gasteiger partial charge in [0.25, 0.3) is 0 Å². The maximum absolute atomic E-state index is 5.55. The monoisotopic (exact) mass is 329 g/mol. The second-order valence-electron chi connectivity index (χ2n) is 4.19. The van der Waals surface area contributed by atoms with Crippen molar-refractivity contribution in [2.75, 3.05) is 27.3 Å². The van der Waals surface area contributed by atoms with E-state index >= 15 is 0 Å². The van der Waals surface area contributed by atoms with Crippen LogP contribution in [0.25, 0.3) is 0 Å². The summed E-state index contributed by atoms with van der Waals surface area (Å²) in [6, 6.07) is 3.83. The molecule has 1 aromatic carbocycles. The highest BCUT2D eigenvalue weighted by molar-refractivity contribution is 9.10. The molecule has 1 aliphatic rings. The molecule has 0 bridgehead atoms. The van der Waals surface area contributed by atoms with Crippen molar-refractivity contribution >= 4 is 33.1 Å². The minimum Gasteiger partial charge on any atom is -0.493 e. The Balaban J connectivity index is 2.34. The lowest BCUT2D eigenvalue weighted by Crippen LogP contribution is -2.27. The fraction of sp³-hybridized carbons (Fsp3) is 0.462. The molecule has 0 aliphatic carbocycles. The van der Waals surface area contributed by atoms with Crippen molar-refractivity contribution in [3.63, 3.8) is 0 Å². The van der Waals surface area contributed by atoms with Crippen LogP contribution in [0.3, 0.4) is 0 Å². The van der Waals surface area contributed by atoms with Crippen molar-refractivity contribution in [1.82, 2.24) is 4.90 Å². The van der Waals surface area contributed by atoms with Crippen LogP contribution in [-0.4, -0.2) is 37.2 Å². The highest BCUT2D eigenvalue weighted by atomic mass is 79.9. The number of hydrogen-bond acceptors (Lipinski definition) is 3. The zero-order valence-electron chi connectivity index (χ0n) is 10.5. The number of ether oxygens (including phenoxy) is 2. The topological polar surface area (TPSA) is 21.7 Å². The van der Waals surface area contributed by atoms with Gasteiger partial charge in [-0.25, -0.2) is 0 Å². The summed E-state index contributed by atoms with van der Waals surface area (Å²) >= 11 is 9.10. The molecule has 5 heteroatoms. The van der Waals surface area contributed by atoms with Crippen LogP contribution >= 0.6 is 28.1 Å². The number of nitrogens with zero attached hydrogens (tertiary/aromatic N) is 1. The van der Waals surface area contributed by atoms with E-state index in [1.54, 1.807) is 14.2 Å². The molecule has 1 aromatic rings. The largest absolute Gasteiger partial charge is 0.493 e. The Bertz CT molecular complexity index is 459. The van der Waals surface area contributed by atoms with Crippen LogP contribution < -0.4 is 9.47 Å². The molecule has 0 atom stereocenters. The van der Waals surface area contributed by atoms with Gasteiger partial charge in [0.15, 0.2) is 11.5 Å². The van der Waals surface area contributed by atoms with E-state index < -0.39 is 0 Å². The van der Waals surface area contributed by atoms with Gasteiger partial charge in [0, 0.05) is 23.1 Å². The molecular formula is C13H16BrNO2S. The molecule has 98 valence electrons. The number of benzene rings is 1. The zero-order valence-corrected chi connectivity index (χ0v) is 12.9. The van der Waals surface area contributed by atoms with E-state index in [4.69, 9.17) is 21.7 Å². The first-order valence-electron chi connectivity index (χ1n) is 5.88. The Morgan fingerprint density at radius 2 is 1.72 bits per heavy atom. The van der Waals surface area contributed by atoms with Gasteiger partial charge in [-0.05, 0) is 40.9 Å². The fourth-order valence-electron chi connectivity index (χ4n) is 2.11. The maximum Gasteiger partial charge on any atom is 0.161 e. The Kier molecular flexibility index (Phi) is 4.45. The number of likely N-dealkylation sites (tertiary alicyclic amines) is 1. The molecule has 1 fully saturated rings. The SMILES string of the molecule is COc1cc(Br)c(C(=S)N2CCCC2)cc1OC. The van der Waals surface area contributed by atoms with Gasteiger partial charge in [0.05, 0.1) is 14.2 Å². The predicted octanol–water partition coefficient (Wildman–Crippen LogP) is 3.24. The maximum atomic E-state index is 5.55. The van der Waals surface area contributed by atoms with Gasteiger partial charge in [-0.2, -0.15) is 0 Å². The van der Waals surface area contributed by atoms with Gasteiger partial charge < -0.3 is 14.4 Å². The van der Waals surface area contributed by atoms with Gasteiger partial charge in [-0.15, -0.1) is 0 Å². The molecule has 0 aromatic heterocycles. The molecule has 18 heavy (non-hydrogen) atoms. The van der Waals surface area contributed by atoms with Crippen LogP contribution in [0.2, 0.25) is 0 Å². The third-order valence-corrected chi connectivity index (χ3v) is 4.23. The van der Waals surface area contributed by atoms with Crippen molar-refractivity contribution < 1.29 is 9.47 Å². The van der Waals surface area contributed by atoms with Crippen LogP contribution in [0.1, 0.15) is 18.4 Å². The smallest absolute Gasteiger partial charge is 0.161 e. The average molecular weight is 330 g/mol. The van der Waals surface area contributed by atoms with Crippen molar-refractivity contribution in [3.05, 3.63) is 22.2 Å². The first-order chi connectivity index (χ1) is 8.67. The Morgan fingerprint density at radius 1 is 1.17 bits per heavy atom. The Labute approximate surface area is 121 Å². The molecular weight excluding hydrogens is 314 g/mol. The third-order valence-electron chi connectivity index (χ3n) is 3.10. The Hall–Kier alpha value is -0.810. The molecule has 1 saturated heterocycles. The summed E-state index contributed by atoms with van der Waals surface area (Å²) in [6.07, 6.45) is 2.43. The van der Waals surface area contributed by atoms with Crippen LogP contribution in [0.15, 0.2) is 16.6 Å². The number of methoxy groups -OCH3 is 2. The van der Waals surface area contributed by atoms with Crippen LogP contribution in [0, 0.1) is 0 Å². The Morgan fingerprint density at radius 3 is 2.28 bits per heavy atom. The lowest BCUT2D eigenvalue weighted by molar-refractivity contribution is 0.354. The van der Waals surface area contributed by atoms with Crippen LogP contribution in [0.4, 0.5) is 0 Å². The van der Waals surface area contributed by atoms with Gasteiger partial charge in [0.1, 0.15) is 4.99 Å². The minimum absolute atomic E-state index is 0.706.